The highest BCUT2D eigenvalue weighted by atomic mass is 32.2. The summed E-state index contributed by atoms with van der Waals surface area (Å²) < 4.78 is 0. The molecule has 1 aromatic heterocycles. The van der Waals surface area contributed by atoms with E-state index in [0.717, 1.165) is 27.5 Å². The number of likely N-dealkylation sites (tertiary alicyclic amines) is 1. The van der Waals surface area contributed by atoms with Gasteiger partial charge in [0.25, 0.3) is 0 Å². The lowest BCUT2D eigenvalue weighted by Crippen LogP contribution is -2.42. The Morgan fingerprint density at radius 3 is 2.54 bits per heavy atom. The number of aromatic nitrogens is 1. The van der Waals surface area contributed by atoms with Crippen LogP contribution in [-0.4, -0.2) is 39.4 Å². The van der Waals surface area contributed by atoms with Crippen LogP contribution in [0.4, 0.5) is 5.69 Å². The van der Waals surface area contributed by atoms with Crippen LogP contribution in [0.1, 0.15) is 28.3 Å². The average Bonchev–Trinajstić information content (AvgIpc) is 3.60. The molecule has 6 unspecified atom stereocenters. The van der Waals surface area contributed by atoms with Crippen molar-refractivity contribution in [1.29, 1.82) is 0 Å². The molecule has 2 saturated carbocycles. The number of rotatable bonds is 4. The number of anilines is 1. The number of hydrogen-bond acceptors (Lipinski definition) is 6. The molecule has 7 atom stereocenters. The quantitative estimate of drug-likeness (QED) is 0.498. The van der Waals surface area contributed by atoms with Crippen LogP contribution in [0.3, 0.4) is 0 Å². The zero-order chi connectivity index (χ0) is 25.4. The summed E-state index contributed by atoms with van der Waals surface area (Å²) in [5, 5.41) is 3.87. The number of H-pyrrole nitrogens is 1. The molecule has 1 saturated heterocycles. The molecule has 2 aromatic carbocycles. The fourth-order valence-corrected chi connectivity index (χ4v) is 10.2. The van der Waals surface area contributed by atoms with E-state index in [1.54, 1.807) is 17.8 Å². The first kappa shape index (κ1) is 23.0. The van der Waals surface area contributed by atoms with Gasteiger partial charge in [-0.15, -0.1) is 11.8 Å². The minimum Gasteiger partial charge on any atom is -0.325 e. The van der Waals surface area contributed by atoms with Gasteiger partial charge in [-0.1, -0.05) is 53.8 Å². The minimum atomic E-state index is -0.394. The van der Waals surface area contributed by atoms with Crippen LogP contribution in [0.15, 0.2) is 64.4 Å². The summed E-state index contributed by atoms with van der Waals surface area (Å²) in [6, 6.07) is 17.6. The molecular weight excluding hydrogens is 506 g/mol. The Bertz CT molecular complexity index is 1500. The van der Waals surface area contributed by atoms with E-state index in [0.29, 0.717) is 5.69 Å². The van der Waals surface area contributed by atoms with Crippen molar-refractivity contribution < 1.29 is 14.4 Å². The van der Waals surface area contributed by atoms with Gasteiger partial charge in [-0.25, -0.2) is 0 Å². The number of fused-ring (bicyclic) bond motifs is 9. The predicted octanol–water partition coefficient (Wildman–Crippen LogP) is 3.86. The number of carbonyl (C=O) groups excluding carboxylic acids is 3. The van der Waals surface area contributed by atoms with Gasteiger partial charge in [0.1, 0.15) is 6.54 Å². The van der Waals surface area contributed by atoms with E-state index in [9.17, 15) is 19.2 Å². The van der Waals surface area contributed by atoms with Crippen LogP contribution in [0.25, 0.3) is 0 Å². The van der Waals surface area contributed by atoms with Gasteiger partial charge in [-0.2, -0.15) is 0 Å². The zero-order valence-corrected chi connectivity index (χ0v) is 21.7. The van der Waals surface area contributed by atoms with Gasteiger partial charge in [-0.3, -0.25) is 24.1 Å². The summed E-state index contributed by atoms with van der Waals surface area (Å²) in [6.07, 6.45) is 0.834. The lowest BCUT2D eigenvalue weighted by Gasteiger charge is -2.43. The number of thiazole rings is 1. The Hall–Kier alpha value is -3.17. The number of imide groups is 1. The molecule has 0 radical (unpaired) electrons. The number of aromatic amines is 1. The van der Waals surface area contributed by atoms with E-state index in [1.807, 2.05) is 43.3 Å². The number of benzene rings is 2. The van der Waals surface area contributed by atoms with Gasteiger partial charge >= 0.3 is 4.87 Å². The molecule has 7 rings (SSSR count). The monoisotopic (exact) mass is 531 g/mol. The van der Waals surface area contributed by atoms with Crippen LogP contribution in [0.2, 0.25) is 0 Å². The summed E-state index contributed by atoms with van der Waals surface area (Å²) in [6.45, 7) is 1.68. The third-order valence-corrected chi connectivity index (χ3v) is 11.2. The minimum absolute atomic E-state index is 0.0175. The number of carbonyl (C=O) groups is 3. The second kappa shape index (κ2) is 8.43. The molecule has 3 fully saturated rings. The SMILES string of the molecule is Cc1cccc(NC(=O)CN2C(=O)C3C4CC(C3C2=O)C2C4Sc3[nH]c(=O)sc3[C@@H]2c2ccccc2)c1. The molecule has 37 heavy (non-hydrogen) atoms. The highest BCUT2D eigenvalue weighted by Crippen LogP contribution is 2.68. The van der Waals surface area contributed by atoms with Crippen molar-refractivity contribution in [3.63, 3.8) is 0 Å². The molecule has 3 aromatic rings. The number of hydrogen-bond donors (Lipinski definition) is 2. The summed E-state index contributed by atoms with van der Waals surface area (Å²) >= 11 is 2.93. The Labute approximate surface area is 221 Å². The lowest BCUT2D eigenvalue weighted by atomic mass is 9.68. The molecule has 9 heteroatoms. The van der Waals surface area contributed by atoms with E-state index in [-0.39, 0.29) is 64.0 Å². The number of aryl methyl sites for hydroxylation is 1. The summed E-state index contributed by atoms with van der Waals surface area (Å²) in [5.74, 6) is -1.31. The fraction of sp³-hybridized carbons (Fsp3) is 0.357. The van der Waals surface area contributed by atoms with E-state index >= 15 is 0 Å². The van der Waals surface area contributed by atoms with Crippen LogP contribution in [0.5, 0.6) is 0 Å². The van der Waals surface area contributed by atoms with Crippen LogP contribution < -0.4 is 10.2 Å². The molecular formula is C28H25N3O4S2. The van der Waals surface area contributed by atoms with Crippen molar-refractivity contribution in [3.8, 4) is 0 Å². The standard InChI is InChI=1S/C28H25N3O4S2/c1-13-6-5-9-15(10-13)29-18(32)12-31-26(33)21-16-11-17(22(21)27(31)34)23-20(16)19(14-7-3-2-4-8-14)24-25(36-23)30-28(35)37-24/h2-10,16-17,19-23H,11-12H2,1H3,(H,29,32)(H,30,35)/t16?,17?,19-,20?,21?,22?,23?/m1/s1. The van der Waals surface area contributed by atoms with E-state index in [1.165, 1.54) is 16.2 Å². The topological polar surface area (TPSA) is 99.3 Å². The first-order valence-electron chi connectivity index (χ1n) is 12.6. The van der Waals surface area contributed by atoms with E-state index < -0.39 is 5.92 Å². The normalized spacial score (nSPS) is 31.3. The van der Waals surface area contributed by atoms with Crippen molar-refractivity contribution in [2.45, 2.75) is 29.5 Å². The van der Waals surface area contributed by atoms with Crippen molar-refractivity contribution in [2.24, 2.45) is 29.6 Å². The molecule has 2 bridgehead atoms. The van der Waals surface area contributed by atoms with Gasteiger partial charge in [0, 0.05) is 21.7 Å². The third-order valence-electron chi connectivity index (χ3n) is 8.58. The van der Waals surface area contributed by atoms with Crippen molar-refractivity contribution in [3.05, 3.63) is 80.3 Å². The van der Waals surface area contributed by atoms with Gasteiger partial charge in [0.2, 0.25) is 17.7 Å². The highest BCUT2D eigenvalue weighted by Gasteiger charge is 2.69. The van der Waals surface area contributed by atoms with Crippen LogP contribution in [-0.2, 0) is 14.4 Å². The van der Waals surface area contributed by atoms with Crippen molar-refractivity contribution >= 4 is 46.5 Å². The maximum absolute atomic E-state index is 13.7. The number of thioether (sulfide) groups is 1. The van der Waals surface area contributed by atoms with Crippen LogP contribution >= 0.6 is 23.1 Å². The van der Waals surface area contributed by atoms with Gasteiger partial charge < -0.3 is 10.3 Å². The largest absolute Gasteiger partial charge is 0.325 e. The first-order valence-corrected chi connectivity index (χ1v) is 14.3. The Kier molecular flexibility index (Phi) is 5.23. The van der Waals surface area contributed by atoms with E-state index in [2.05, 4.69) is 22.4 Å². The zero-order valence-electron chi connectivity index (χ0n) is 20.0. The third kappa shape index (κ3) is 3.47. The van der Waals surface area contributed by atoms with Gasteiger partial charge in [0.15, 0.2) is 0 Å². The Balaban J connectivity index is 1.19. The van der Waals surface area contributed by atoms with Gasteiger partial charge in [0.05, 0.1) is 16.9 Å². The molecule has 3 amide bonds. The summed E-state index contributed by atoms with van der Waals surface area (Å²) in [7, 11) is 0. The molecule has 4 aliphatic rings. The lowest BCUT2D eigenvalue weighted by molar-refractivity contribution is -0.143. The van der Waals surface area contributed by atoms with Crippen molar-refractivity contribution in [2.75, 3.05) is 11.9 Å². The fourth-order valence-electron chi connectivity index (χ4n) is 7.33. The smallest absolute Gasteiger partial charge is 0.305 e. The first-order chi connectivity index (χ1) is 17.9. The molecule has 0 spiro atoms. The average molecular weight is 532 g/mol. The van der Waals surface area contributed by atoms with E-state index in [4.69, 9.17) is 0 Å². The number of nitrogens with zero attached hydrogens (tertiary/aromatic N) is 1. The summed E-state index contributed by atoms with van der Waals surface area (Å²) in [5.41, 5.74) is 2.81. The highest BCUT2D eigenvalue weighted by molar-refractivity contribution is 8.00. The molecule has 188 valence electrons. The second-order valence-electron chi connectivity index (χ2n) is 10.6. The second-order valence-corrected chi connectivity index (χ2v) is 12.8. The number of nitrogens with one attached hydrogen (secondary N) is 2. The molecule has 2 aliphatic carbocycles. The molecule has 3 heterocycles. The molecule has 2 aliphatic heterocycles. The molecule has 7 nitrogen and oxygen atoms in total. The maximum atomic E-state index is 13.7. The Morgan fingerprint density at radius 1 is 1.03 bits per heavy atom. The molecule has 2 N–H and O–H groups in total. The van der Waals surface area contributed by atoms with Crippen molar-refractivity contribution in [1.82, 2.24) is 9.88 Å². The summed E-state index contributed by atoms with van der Waals surface area (Å²) in [4.78, 5) is 57.5. The van der Waals surface area contributed by atoms with Crippen LogP contribution in [0, 0.1) is 36.5 Å². The Morgan fingerprint density at radius 2 is 1.78 bits per heavy atom. The number of amides is 3. The maximum Gasteiger partial charge on any atom is 0.305 e. The predicted molar refractivity (Wildman–Crippen MR) is 141 cm³/mol. The van der Waals surface area contributed by atoms with Gasteiger partial charge in [-0.05, 0) is 54.4 Å².